The summed E-state index contributed by atoms with van der Waals surface area (Å²) in [6.07, 6.45) is 5.61. The first-order chi connectivity index (χ1) is 10.8. The Labute approximate surface area is 138 Å². The summed E-state index contributed by atoms with van der Waals surface area (Å²) in [5, 5.41) is 0. The van der Waals surface area contributed by atoms with Crippen molar-refractivity contribution in [1.82, 2.24) is 4.90 Å². The Morgan fingerprint density at radius 1 is 1.22 bits per heavy atom. The van der Waals surface area contributed by atoms with E-state index in [2.05, 4.69) is 4.90 Å². The van der Waals surface area contributed by atoms with Gasteiger partial charge in [-0.05, 0) is 58.9 Å². The van der Waals surface area contributed by atoms with Gasteiger partial charge in [-0.25, -0.2) is 0 Å². The standard InChI is InChI=1S/C17H30N2O4/c1-16(2,22-3)12-19-11-7-8-13(19)14(20)23-17(15(18)21)9-5-4-6-10-17/h13H,4-12H2,1-3H3,(H2,18,21). The van der Waals surface area contributed by atoms with Crippen LogP contribution in [0.4, 0.5) is 0 Å². The average Bonchev–Trinajstić information content (AvgIpc) is 2.95. The highest BCUT2D eigenvalue weighted by Gasteiger charge is 2.45. The smallest absolute Gasteiger partial charge is 0.324 e. The van der Waals surface area contributed by atoms with E-state index in [-0.39, 0.29) is 17.6 Å². The van der Waals surface area contributed by atoms with Crippen molar-refractivity contribution in [3.8, 4) is 0 Å². The molecule has 6 nitrogen and oxygen atoms in total. The summed E-state index contributed by atoms with van der Waals surface area (Å²) in [6.45, 7) is 5.50. The van der Waals surface area contributed by atoms with Crippen LogP contribution in [-0.4, -0.2) is 54.2 Å². The van der Waals surface area contributed by atoms with Crippen molar-refractivity contribution in [3.05, 3.63) is 0 Å². The van der Waals surface area contributed by atoms with Crippen molar-refractivity contribution in [1.29, 1.82) is 0 Å². The lowest BCUT2D eigenvalue weighted by Crippen LogP contribution is -2.53. The highest BCUT2D eigenvalue weighted by atomic mass is 16.6. The molecule has 0 aromatic carbocycles. The molecular formula is C17H30N2O4. The zero-order valence-corrected chi connectivity index (χ0v) is 14.6. The van der Waals surface area contributed by atoms with E-state index in [0.29, 0.717) is 19.4 Å². The summed E-state index contributed by atoms with van der Waals surface area (Å²) in [5.41, 5.74) is 4.14. The molecular weight excluding hydrogens is 296 g/mol. The monoisotopic (exact) mass is 326 g/mol. The zero-order chi connectivity index (χ0) is 17.1. The molecule has 1 amide bonds. The van der Waals surface area contributed by atoms with Crippen LogP contribution in [0.25, 0.3) is 0 Å². The largest absolute Gasteiger partial charge is 0.448 e. The molecule has 1 aliphatic carbocycles. The van der Waals surface area contributed by atoms with Gasteiger partial charge in [-0.15, -0.1) is 0 Å². The van der Waals surface area contributed by atoms with E-state index >= 15 is 0 Å². The second kappa shape index (κ2) is 7.18. The van der Waals surface area contributed by atoms with Crippen molar-refractivity contribution in [3.63, 3.8) is 0 Å². The zero-order valence-electron chi connectivity index (χ0n) is 14.6. The van der Waals surface area contributed by atoms with Gasteiger partial charge in [0.05, 0.1) is 5.60 Å². The van der Waals surface area contributed by atoms with Crippen LogP contribution in [0.5, 0.6) is 0 Å². The first kappa shape index (κ1) is 18.2. The van der Waals surface area contributed by atoms with Crippen LogP contribution in [0, 0.1) is 0 Å². The summed E-state index contributed by atoms with van der Waals surface area (Å²) in [5.74, 6) is -0.817. The summed E-state index contributed by atoms with van der Waals surface area (Å²) < 4.78 is 11.2. The third-order valence-corrected chi connectivity index (χ3v) is 5.18. The van der Waals surface area contributed by atoms with Crippen LogP contribution in [-0.2, 0) is 19.1 Å². The number of esters is 1. The fourth-order valence-electron chi connectivity index (χ4n) is 3.62. The van der Waals surface area contributed by atoms with Gasteiger partial charge in [0, 0.05) is 13.7 Å². The van der Waals surface area contributed by atoms with Gasteiger partial charge in [0.25, 0.3) is 5.91 Å². The Bertz CT molecular complexity index is 444. The molecule has 1 atom stereocenters. The van der Waals surface area contributed by atoms with E-state index in [1.54, 1.807) is 7.11 Å². The minimum atomic E-state index is -1.10. The number of likely N-dealkylation sites (tertiary alicyclic amines) is 1. The lowest BCUT2D eigenvalue weighted by molar-refractivity contribution is -0.175. The van der Waals surface area contributed by atoms with Gasteiger partial charge >= 0.3 is 5.97 Å². The molecule has 23 heavy (non-hydrogen) atoms. The molecule has 1 saturated heterocycles. The van der Waals surface area contributed by atoms with E-state index in [9.17, 15) is 9.59 Å². The first-order valence-corrected chi connectivity index (χ1v) is 8.62. The molecule has 0 radical (unpaired) electrons. The van der Waals surface area contributed by atoms with Crippen LogP contribution in [0.3, 0.4) is 0 Å². The minimum absolute atomic E-state index is 0.303. The lowest BCUT2D eigenvalue weighted by Gasteiger charge is -2.36. The Morgan fingerprint density at radius 2 is 1.87 bits per heavy atom. The number of carbonyl (C=O) groups excluding carboxylic acids is 2. The second-order valence-electron chi connectivity index (χ2n) is 7.43. The number of carbonyl (C=O) groups is 2. The second-order valence-corrected chi connectivity index (χ2v) is 7.43. The molecule has 2 aliphatic rings. The van der Waals surface area contributed by atoms with Gasteiger partial charge < -0.3 is 15.2 Å². The van der Waals surface area contributed by atoms with E-state index in [0.717, 1.165) is 38.6 Å². The van der Waals surface area contributed by atoms with Crippen molar-refractivity contribution >= 4 is 11.9 Å². The maximum absolute atomic E-state index is 12.7. The van der Waals surface area contributed by atoms with Crippen molar-refractivity contribution < 1.29 is 19.1 Å². The van der Waals surface area contributed by atoms with Crippen molar-refractivity contribution in [2.75, 3.05) is 20.2 Å². The third kappa shape index (κ3) is 4.23. The van der Waals surface area contributed by atoms with Gasteiger partial charge in [0.1, 0.15) is 6.04 Å². The molecule has 1 aliphatic heterocycles. The van der Waals surface area contributed by atoms with E-state index in [1.165, 1.54) is 0 Å². The highest BCUT2D eigenvalue weighted by Crippen LogP contribution is 2.33. The van der Waals surface area contributed by atoms with Gasteiger partial charge in [-0.2, -0.15) is 0 Å². The number of ether oxygens (including phenoxy) is 2. The van der Waals surface area contributed by atoms with Crippen LogP contribution >= 0.6 is 0 Å². The normalized spacial score (nSPS) is 25.3. The molecule has 1 saturated carbocycles. The lowest BCUT2D eigenvalue weighted by atomic mass is 9.84. The Kier molecular flexibility index (Phi) is 5.68. The summed E-state index contributed by atoms with van der Waals surface area (Å²) >= 11 is 0. The predicted octanol–water partition coefficient (Wildman–Crippen LogP) is 1.61. The van der Waals surface area contributed by atoms with Crippen LogP contribution in [0.1, 0.15) is 58.8 Å². The van der Waals surface area contributed by atoms with Crippen molar-refractivity contribution in [2.45, 2.75) is 76.0 Å². The van der Waals surface area contributed by atoms with Gasteiger partial charge in [-0.1, -0.05) is 6.42 Å². The molecule has 0 spiro atoms. The van der Waals surface area contributed by atoms with Gasteiger partial charge in [0.15, 0.2) is 5.60 Å². The first-order valence-electron chi connectivity index (χ1n) is 8.62. The number of hydrogen-bond donors (Lipinski definition) is 1. The minimum Gasteiger partial charge on any atom is -0.448 e. The number of rotatable bonds is 6. The molecule has 0 aromatic heterocycles. The number of hydrogen-bond acceptors (Lipinski definition) is 5. The maximum Gasteiger partial charge on any atom is 0.324 e. The molecule has 2 N–H and O–H groups in total. The molecule has 1 unspecified atom stereocenters. The van der Waals surface area contributed by atoms with Gasteiger partial charge in [-0.3, -0.25) is 14.5 Å². The Hall–Kier alpha value is -1.14. The molecule has 2 rings (SSSR count). The molecule has 132 valence electrons. The van der Waals surface area contributed by atoms with Crippen molar-refractivity contribution in [2.24, 2.45) is 5.73 Å². The fourth-order valence-corrected chi connectivity index (χ4v) is 3.62. The Balaban J connectivity index is 2.04. The van der Waals surface area contributed by atoms with Crippen LogP contribution < -0.4 is 5.73 Å². The maximum atomic E-state index is 12.7. The Morgan fingerprint density at radius 3 is 2.43 bits per heavy atom. The summed E-state index contributed by atoms with van der Waals surface area (Å²) in [4.78, 5) is 26.7. The van der Waals surface area contributed by atoms with E-state index < -0.39 is 11.5 Å². The SMILES string of the molecule is COC(C)(C)CN1CCCC1C(=O)OC1(C(N)=O)CCCCC1. The predicted molar refractivity (Wildman–Crippen MR) is 86.8 cm³/mol. The highest BCUT2D eigenvalue weighted by molar-refractivity contribution is 5.87. The topological polar surface area (TPSA) is 81.9 Å². The summed E-state index contributed by atoms with van der Waals surface area (Å²) in [6, 6.07) is -0.303. The number of nitrogens with zero attached hydrogens (tertiary/aromatic N) is 1. The summed E-state index contributed by atoms with van der Waals surface area (Å²) in [7, 11) is 1.67. The third-order valence-electron chi connectivity index (χ3n) is 5.18. The number of methoxy groups -OCH3 is 1. The van der Waals surface area contributed by atoms with E-state index in [4.69, 9.17) is 15.2 Å². The number of primary amides is 1. The average molecular weight is 326 g/mol. The molecule has 2 fully saturated rings. The molecule has 0 bridgehead atoms. The number of nitrogens with two attached hydrogens (primary N) is 1. The number of amides is 1. The molecule has 6 heteroatoms. The quantitative estimate of drug-likeness (QED) is 0.750. The van der Waals surface area contributed by atoms with Crippen LogP contribution in [0.2, 0.25) is 0 Å². The molecule has 0 aromatic rings. The van der Waals surface area contributed by atoms with Crippen LogP contribution in [0.15, 0.2) is 0 Å². The molecule has 1 heterocycles. The van der Waals surface area contributed by atoms with E-state index in [1.807, 2.05) is 13.8 Å². The fraction of sp³-hybridized carbons (Fsp3) is 0.882. The van der Waals surface area contributed by atoms with Gasteiger partial charge in [0.2, 0.25) is 0 Å².